The summed E-state index contributed by atoms with van der Waals surface area (Å²) < 4.78 is 6.61. The van der Waals surface area contributed by atoms with Crippen LogP contribution in [-0.4, -0.2) is 46.5 Å². The molecule has 1 fully saturated rings. The number of rotatable bonds is 3. The summed E-state index contributed by atoms with van der Waals surface area (Å²) in [6.45, 7) is 2.13. The van der Waals surface area contributed by atoms with Crippen molar-refractivity contribution in [3.63, 3.8) is 0 Å². The highest BCUT2D eigenvalue weighted by molar-refractivity contribution is 7.18. The van der Waals surface area contributed by atoms with Gasteiger partial charge in [0.15, 0.2) is 4.96 Å². The lowest BCUT2D eigenvalue weighted by molar-refractivity contribution is 0.0306. The van der Waals surface area contributed by atoms with Crippen LogP contribution < -0.4 is 5.56 Å². The van der Waals surface area contributed by atoms with Crippen LogP contribution in [0.3, 0.4) is 0 Å². The number of carbonyl (C=O) groups excluding carboxylic acids is 1. The van der Waals surface area contributed by atoms with E-state index in [1.807, 2.05) is 36.4 Å². The third-order valence-electron chi connectivity index (χ3n) is 4.24. The Bertz CT molecular complexity index is 1070. The molecule has 0 saturated carbocycles. The van der Waals surface area contributed by atoms with Crippen LogP contribution in [0.15, 0.2) is 41.3 Å². The molecule has 27 heavy (non-hydrogen) atoms. The minimum Gasteiger partial charge on any atom is -0.378 e. The Morgan fingerprint density at radius 2 is 1.93 bits per heavy atom. The van der Waals surface area contributed by atoms with E-state index in [0.717, 1.165) is 5.56 Å². The number of benzene rings is 1. The van der Waals surface area contributed by atoms with Gasteiger partial charge in [-0.15, -0.1) is 0 Å². The molecule has 0 atom stereocenters. The zero-order chi connectivity index (χ0) is 18.8. The molecule has 8 heteroatoms. The van der Waals surface area contributed by atoms with E-state index in [2.05, 4.69) is 4.98 Å². The first-order valence-corrected chi connectivity index (χ1v) is 9.65. The standard InChI is InChI=1S/C19H16ClN3O3S/c20-16-14(7-6-13-4-2-1-3-5-13)21-19-23(18(16)25)12-15(27-19)17(24)22-8-10-26-11-9-22/h1-7,12H,8-11H2/b7-6+. The maximum atomic E-state index is 12.7. The van der Waals surface area contributed by atoms with Crippen molar-refractivity contribution >= 4 is 46.0 Å². The Labute approximate surface area is 164 Å². The SMILES string of the molecule is O=C(c1cn2c(=O)c(Cl)c(/C=C/c3ccccc3)nc2s1)N1CCOCC1. The van der Waals surface area contributed by atoms with Crippen molar-refractivity contribution in [3.05, 3.63) is 68.0 Å². The van der Waals surface area contributed by atoms with Crippen molar-refractivity contribution < 1.29 is 9.53 Å². The first kappa shape index (κ1) is 17.9. The van der Waals surface area contributed by atoms with E-state index in [1.54, 1.807) is 11.0 Å². The number of thiazole rings is 1. The Morgan fingerprint density at radius 1 is 1.19 bits per heavy atom. The van der Waals surface area contributed by atoms with Gasteiger partial charge in [0.2, 0.25) is 0 Å². The summed E-state index contributed by atoms with van der Waals surface area (Å²) in [5.74, 6) is -0.120. The highest BCUT2D eigenvalue weighted by Crippen LogP contribution is 2.21. The van der Waals surface area contributed by atoms with Crippen LogP contribution in [0, 0.1) is 0 Å². The predicted octanol–water partition coefficient (Wildman–Crippen LogP) is 3.05. The van der Waals surface area contributed by atoms with Crippen molar-refractivity contribution in [2.24, 2.45) is 0 Å². The van der Waals surface area contributed by atoms with E-state index in [4.69, 9.17) is 16.3 Å². The quantitative estimate of drug-likeness (QED) is 0.676. The zero-order valence-corrected chi connectivity index (χ0v) is 15.9. The lowest BCUT2D eigenvalue weighted by Crippen LogP contribution is -2.40. The van der Waals surface area contributed by atoms with Crippen molar-refractivity contribution in [2.75, 3.05) is 26.3 Å². The largest absolute Gasteiger partial charge is 0.378 e. The van der Waals surface area contributed by atoms with E-state index in [1.165, 1.54) is 21.9 Å². The van der Waals surface area contributed by atoms with E-state index < -0.39 is 0 Å². The molecule has 1 amide bonds. The molecule has 0 unspecified atom stereocenters. The van der Waals surface area contributed by atoms with Gasteiger partial charge in [-0.2, -0.15) is 0 Å². The number of hydrogen-bond acceptors (Lipinski definition) is 5. The molecule has 1 aromatic carbocycles. The van der Waals surface area contributed by atoms with Gasteiger partial charge in [-0.25, -0.2) is 4.98 Å². The molecule has 3 aromatic rings. The summed E-state index contributed by atoms with van der Waals surface area (Å²) in [6, 6.07) is 9.67. The molecule has 138 valence electrons. The molecule has 0 aliphatic carbocycles. The second-order valence-electron chi connectivity index (χ2n) is 6.01. The van der Waals surface area contributed by atoms with Gasteiger partial charge >= 0.3 is 0 Å². The fourth-order valence-corrected chi connectivity index (χ4v) is 3.95. The number of fused-ring (bicyclic) bond motifs is 1. The molecule has 1 saturated heterocycles. The highest BCUT2D eigenvalue weighted by Gasteiger charge is 2.22. The van der Waals surface area contributed by atoms with Crippen LogP contribution in [0.5, 0.6) is 0 Å². The molecule has 0 radical (unpaired) electrons. The number of morpholine rings is 1. The van der Waals surface area contributed by atoms with Crippen LogP contribution >= 0.6 is 22.9 Å². The van der Waals surface area contributed by atoms with Gasteiger partial charge in [-0.1, -0.05) is 59.3 Å². The fourth-order valence-electron chi connectivity index (χ4n) is 2.81. The van der Waals surface area contributed by atoms with Gasteiger partial charge in [0, 0.05) is 19.3 Å². The third-order valence-corrected chi connectivity index (χ3v) is 5.57. The molecular formula is C19H16ClN3O3S. The van der Waals surface area contributed by atoms with Gasteiger partial charge < -0.3 is 9.64 Å². The second kappa shape index (κ2) is 7.64. The minimum absolute atomic E-state index is 0.0304. The number of carbonyl (C=O) groups is 1. The van der Waals surface area contributed by atoms with Crippen molar-refractivity contribution in [2.45, 2.75) is 0 Å². The molecule has 1 aliphatic heterocycles. The molecule has 6 nitrogen and oxygen atoms in total. The molecule has 4 rings (SSSR count). The molecule has 0 bridgehead atoms. The number of halogens is 1. The van der Waals surface area contributed by atoms with E-state index in [9.17, 15) is 9.59 Å². The maximum absolute atomic E-state index is 12.7. The predicted molar refractivity (Wildman–Crippen MR) is 106 cm³/mol. The summed E-state index contributed by atoms with van der Waals surface area (Å²) in [6.07, 6.45) is 5.07. The van der Waals surface area contributed by atoms with Gasteiger partial charge in [0.1, 0.15) is 9.90 Å². The normalized spacial score (nSPS) is 14.9. The van der Waals surface area contributed by atoms with Crippen molar-refractivity contribution in [3.8, 4) is 0 Å². The Kier molecular flexibility index (Phi) is 5.07. The summed E-state index contributed by atoms with van der Waals surface area (Å²) >= 11 is 7.41. The van der Waals surface area contributed by atoms with Crippen LogP contribution in [0.4, 0.5) is 0 Å². The monoisotopic (exact) mass is 401 g/mol. The topological polar surface area (TPSA) is 63.9 Å². The van der Waals surface area contributed by atoms with Gasteiger partial charge in [-0.3, -0.25) is 14.0 Å². The Hall–Kier alpha value is -2.48. The smallest absolute Gasteiger partial charge is 0.277 e. The lowest BCUT2D eigenvalue weighted by atomic mass is 10.2. The molecule has 2 aromatic heterocycles. The van der Waals surface area contributed by atoms with Crippen LogP contribution in [0.2, 0.25) is 5.02 Å². The minimum atomic E-state index is -0.383. The Balaban J connectivity index is 1.69. The summed E-state index contributed by atoms with van der Waals surface area (Å²) in [7, 11) is 0. The first-order valence-electron chi connectivity index (χ1n) is 8.45. The molecule has 3 heterocycles. The summed E-state index contributed by atoms with van der Waals surface area (Å²) in [5.41, 5.74) is 0.981. The van der Waals surface area contributed by atoms with E-state index in [-0.39, 0.29) is 16.5 Å². The number of amides is 1. The molecular weight excluding hydrogens is 386 g/mol. The third kappa shape index (κ3) is 3.66. The first-order chi connectivity index (χ1) is 13.1. The number of nitrogens with zero attached hydrogens (tertiary/aromatic N) is 3. The van der Waals surface area contributed by atoms with Crippen LogP contribution in [-0.2, 0) is 4.74 Å². The van der Waals surface area contributed by atoms with Crippen molar-refractivity contribution in [1.82, 2.24) is 14.3 Å². The second-order valence-corrected chi connectivity index (χ2v) is 7.40. The van der Waals surface area contributed by atoms with Crippen LogP contribution in [0.25, 0.3) is 17.1 Å². The molecule has 0 N–H and O–H groups in total. The average Bonchev–Trinajstić information content (AvgIpc) is 3.15. The summed E-state index contributed by atoms with van der Waals surface area (Å²) in [4.78, 5) is 32.3. The van der Waals surface area contributed by atoms with E-state index >= 15 is 0 Å². The van der Waals surface area contributed by atoms with Gasteiger partial charge in [0.25, 0.3) is 11.5 Å². The van der Waals surface area contributed by atoms with Gasteiger partial charge in [0.05, 0.1) is 18.9 Å². The molecule has 1 aliphatic rings. The Morgan fingerprint density at radius 3 is 2.67 bits per heavy atom. The fraction of sp³-hybridized carbons (Fsp3) is 0.211. The molecule has 0 spiro atoms. The number of aromatic nitrogens is 2. The average molecular weight is 402 g/mol. The zero-order valence-electron chi connectivity index (χ0n) is 14.3. The highest BCUT2D eigenvalue weighted by atomic mass is 35.5. The lowest BCUT2D eigenvalue weighted by Gasteiger charge is -2.26. The maximum Gasteiger partial charge on any atom is 0.277 e. The van der Waals surface area contributed by atoms with Crippen molar-refractivity contribution in [1.29, 1.82) is 0 Å². The van der Waals surface area contributed by atoms with Crippen LogP contribution in [0.1, 0.15) is 20.9 Å². The summed E-state index contributed by atoms with van der Waals surface area (Å²) in [5, 5.41) is 0.0304. The number of ether oxygens (including phenoxy) is 1. The van der Waals surface area contributed by atoms with E-state index in [0.29, 0.717) is 41.8 Å². The van der Waals surface area contributed by atoms with Gasteiger partial charge in [-0.05, 0) is 11.6 Å². The number of hydrogen-bond donors (Lipinski definition) is 0.